The fourth-order valence-corrected chi connectivity index (χ4v) is 6.51. The van der Waals surface area contributed by atoms with Gasteiger partial charge >= 0.3 is 0 Å². The lowest BCUT2D eigenvalue weighted by Gasteiger charge is -2.26. The fourth-order valence-electron chi connectivity index (χ4n) is 6.51. The molecule has 0 aromatic heterocycles. The van der Waals surface area contributed by atoms with Crippen molar-refractivity contribution in [3.63, 3.8) is 0 Å². The Balaban J connectivity index is 1.19. The first-order valence-electron chi connectivity index (χ1n) is 11.7. The van der Waals surface area contributed by atoms with Crippen molar-refractivity contribution in [1.29, 1.82) is 0 Å². The lowest BCUT2D eigenvalue weighted by molar-refractivity contribution is -0.140. The van der Waals surface area contributed by atoms with Crippen LogP contribution in [0.5, 0.6) is 0 Å². The Kier molecular flexibility index (Phi) is 5.26. The fraction of sp³-hybridized carbons (Fsp3) is 0.739. The molecule has 3 saturated carbocycles. The van der Waals surface area contributed by atoms with Crippen LogP contribution in [0.1, 0.15) is 32.1 Å². The Hall–Kier alpha value is -2.38. The first kappa shape index (κ1) is 20.5. The molecule has 0 aromatic rings. The third-order valence-electron chi connectivity index (χ3n) is 8.12. The number of likely N-dealkylation sites (tertiary alicyclic amines) is 1. The second kappa shape index (κ2) is 7.95. The molecule has 1 aliphatic heterocycles. The zero-order valence-electron chi connectivity index (χ0n) is 18.4. The minimum atomic E-state index is -0.152. The summed E-state index contributed by atoms with van der Waals surface area (Å²) in [5.74, 6) is 2.15. The number of rotatable bonds is 6. The van der Waals surface area contributed by atoms with Crippen molar-refractivity contribution in [2.45, 2.75) is 38.1 Å². The zero-order chi connectivity index (χ0) is 21.7. The Bertz CT molecular complexity index is 807. The van der Waals surface area contributed by atoms with Crippen molar-refractivity contribution in [2.24, 2.45) is 40.5 Å². The third-order valence-corrected chi connectivity index (χ3v) is 8.12. The van der Waals surface area contributed by atoms with E-state index in [1.54, 1.807) is 14.1 Å². The molecule has 1 heterocycles. The smallest absolute Gasteiger partial charge is 0.243 e. The molecule has 0 spiro atoms. The first-order valence-corrected chi connectivity index (χ1v) is 11.7. The van der Waals surface area contributed by atoms with E-state index in [2.05, 4.69) is 27.8 Å². The van der Waals surface area contributed by atoms with Gasteiger partial charge in [-0.3, -0.25) is 19.3 Å². The van der Waals surface area contributed by atoms with Crippen LogP contribution in [0, 0.1) is 35.5 Å². The molecule has 4 bridgehead atoms. The zero-order valence-corrected chi connectivity index (χ0v) is 18.4. The summed E-state index contributed by atoms with van der Waals surface area (Å²) in [5, 5.41) is 6.80. The maximum atomic E-state index is 12.9. The quantitative estimate of drug-likeness (QED) is 0.280. The molecule has 1 saturated heterocycles. The molecule has 7 unspecified atom stereocenters. The summed E-state index contributed by atoms with van der Waals surface area (Å²) in [5.41, 5.74) is 0. The van der Waals surface area contributed by atoms with Crippen LogP contribution in [0.15, 0.2) is 17.1 Å². The molecule has 4 fully saturated rings. The van der Waals surface area contributed by atoms with E-state index in [1.807, 2.05) is 0 Å². The second-order valence-electron chi connectivity index (χ2n) is 10.1. The minimum absolute atomic E-state index is 0.0176. The van der Waals surface area contributed by atoms with E-state index < -0.39 is 0 Å². The summed E-state index contributed by atoms with van der Waals surface area (Å²) in [7, 11) is 3.44. The van der Waals surface area contributed by atoms with E-state index in [4.69, 9.17) is 0 Å². The molecular formula is C23H33N5O3. The number of likely N-dealkylation sites (N-methyl/N-ethyl adjacent to an activating group) is 1. The van der Waals surface area contributed by atoms with Gasteiger partial charge < -0.3 is 15.5 Å². The van der Waals surface area contributed by atoms with Crippen molar-refractivity contribution in [1.82, 2.24) is 20.4 Å². The molecular weight excluding hydrogens is 394 g/mol. The standard InChI is InChI=1S/C23H33N5O3/c1-27(2)18(29)12-25-23(26-17-10-13-3-4-14(17)9-13)24-7-8-28-21(30)19-15-5-6-16(11-15)20(19)22(28)31/h5-6,13-17,19-20H,3-4,7-12H2,1-2H3,(H2,24,25,26). The minimum Gasteiger partial charge on any atom is -0.355 e. The number of hydrogen-bond donors (Lipinski definition) is 2. The van der Waals surface area contributed by atoms with Crippen LogP contribution in [0.3, 0.4) is 0 Å². The number of amides is 3. The largest absolute Gasteiger partial charge is 0.355 e. The van der Waals surface area contributed by atoms with Gasteiger partial charge in [0.25, 0.3) is 0 Å². The highest BCUT2D eigenvalue weighted by molar-refractivity contribution is 6.06. The summed E-state index contributed by atoms with van der Waals surface area (Å²) in [6.45, 7) is 0.843. The number of hydrogen-bond acceptors (Lipinski definition) is 4. The Morgan fingerprint density at radius 2 is 1.81 bits per heavy atom. The van der Waals surface area contributed by atoms with E-state index in [0.29, 0.717) is 31.0 Å². The summed E-state index contributed by atoms with van der Waals surface area (Å²) in [6, 6.07) is 0.385. The van der Waals surface area contributed by atoms with Crippen molar-refractivity contribution in [3.8, 4) is 0 Å². The normalized spacial score (nSPS) is 37.7. The first-order chi connectivity index (χ1) is 14.9. The third kappa shape index (κ3) is 3.64. The van der Waals surface area contributed by atoms with Gasteiger partial charge in [-0.1, -0.05) is 18.6 Å². The summed E-state index contributed by atoms with van der Waals surface area (Å²) >= 11 is 0. The molecule has 5 aliphatic rings. The Morgan fingerprint density at radius 3 is 2.39 bits per heavy atom. The number of aliphatic imine (C=N–C) groups is 1. The van der Waals surface area contributed by atoms with E-state index in [9.17, 15) is 14.4 Å². The van der Waals surface area contributed by atoms with Crippen LogP contribution < -0.4 is 10.6 Å². The number of carbonyl (C=O) groups is 3. The maximum absolute atomic E-state index is 12.9. The van der Waals surface area contributed by atoms with Gasteiger partial charge in [-0.25, -0.2) is 4.99 Å². The van der Waals surface area contributed by atoms with Gasteiger partial charge in [-0.2, -0.15) is 0 Å². The summed E-state index contributed by atoms with van der Waals surface area (Å²) < 4.78 is 0. The molecule has 2 N–H and O–H groups in total. The van der Waals surface area contributed by atoms with Crippen LogP contribution in [0.25, 0.3) is 0 Å². The summed E-state index contributed by atoms with van der Waals surface area (Å²) in [6.07, 6.45) is 10.2. The average Bonchev–Trinajstić information content (AvgIpc) is 3.55. The van der Waals surface area contributed by atoms with Crippen molar-refractivity contribution in [3.05, 3.63) is 12.2 Å². The number of imide groups is 1. The second-order valence-corrected chi connectivity index (χ2v) is 10.1. The molecule has 8 nitrogen and oxygen atoms in total. The van der Waals surface area contributed by atoms with Gasteiger partial charge in [-0.15, -0.1) is 0 Å². The molecule has 3 amide bonds. The van der Waals surface area contributed by atoms with E-state index in [1.165, 1.54) is 29.1 Å². The van der Waals surface area contributed by atoms with Crippen LogP contribution in [-0.2, 0) is 14.4 Å². The van der Waals surface area contributed by atoms with Gasteiger partial charge in [0.2, 0.25) is 17.7 Å². The predicted octanol–water partition coefficient (Wildman–Crippen LogP) is 0.606. The van der Waals surface area contributed by atoms with Crippen molar-refractivity contribution in [2.75, 3.05) is 33.7 Å². The molecule has 8 heteroatoms. The number of allylic oxidation sites excluding steroid dienone is 2. The number of guanidine groups is 1. The molecule has 5 rings (SSSR count). The lowest BCUT2D eigenvalue weighted by Crippen LogP contribution is -2.48. The predicted molar refractivity (Wildman–Crippen MR) is 116 cm³/mol. The van der Waals surface area contributed by atoms with Gasteiger partial charge in [0.15, 0.2) is 5.96 Å². The highest BCUT2D eigenvalue weighted by Crippen LogP contribution is 2.52. The monoisotopic (exact) mass is 427 g/mol. The van der Waals surface area contributed by atoms with Crippen molar-refractivity contribution >= 4 is 23.7 Å². The van der Waals surface area contributed by atoms with Crippen LogP contribution in [0.4, 0.5) is 0 Å². The molecule has 0 aromatic carbocycles. The maximum Gasteiger partial charge on any atom is 0.243 e. The number of nitrogens with one attached hydrogen (secondary N) is 2. The van der Waals surface area contributed by atoms with E-state index in [0.717, 1.165) is 18.8 Å². The topological polar surface area (TPSA) is 94.1 Å². The average molecular weight is 428 g/mol. The highest BCUT2D eigenvalue weighted by atomic mass is 16.2. The Labute approximate surface area is 183 Å². The molecule has 7 atom stereocenters. The molecule has 168 valence electrons. The molecule has 4 aliphatic carbocycles. The SMILES string of the molecule is CN(C)C(=O)CN=C(NCCN1C(=O)C2C3C=CC(C3)C2C1=O)NC1CC2CCC1C2. The number of carbonyl (C=O) groups excluding carboxylic acids is 3. The van der Waals surface area contributed by atoms with Gasteiger partial charge in [0, 0.05) is 33.2 Å². The van der Waals surface area contributed by atoms with Crippen LogP contribution >= 0.6 is 0 Å². The van der Waals surface area contributed by atoms with Crippen LogP contribution in [0.2, 0.25) is 0 Å². The van der Waals surface area contributed by atoms with Gasteiger partial charge in [0.05, 0.1) is 11.8 Å². The summed E-state index contributed by atoms with van der Waals surface area (Å²) in [4.78, 5) is 45.2. The van der Waals surface area contributed by atoms with Gasteiger partial charge in [0.1, 0.15) is 6.54 Å². The Morgan fingerprint density at radius 1 is 1.10 bits per heavy atom. The molecule has 31 heavy (non-hydrogen) atoms. The number of nitrogens with zero attached hydrogens (tertiary/aromatic N) is 3. The van der Waals surface area contributed by atoms with Crippen molar-refractivity contribution < 1.29 is 14.4 Å². The van der Waals surface area contributed by atoms with E-state index >= 15 is 0 Å². The number of fused-ring (bicyclic) bond motifs is 7. The lowest BCUT2D eigenvalue weighted by atomic mass is 9.85. The van der Waals surface area contributed by atoms with Crippen LogP contribution in [-0.4, -0.2) is 73.3 Å². The van der Waals surface area contributed by atoms with Gasteiger partial charge in [-0.05, 0) is 49.4 Å². The highest BCUT2D eigenvalue weighted by Gasteiger charge is 2.58. The van der Waals surface area contributed by atoms with E-state index in [-0.39, 0.29) is 47.9 Å². The molecule has 0 radical (unpaired) electrons.